The Morgan fingerprint density at radius 2 is 1.71 bits per heavy atom. The van der Waals surface area contributed by atoms with E-state index < -0.39 is 18.6 Å². The highest BCUT2D eigenvalue weighted by atomic mass is 19.4. The molecule has 0 aromatic carbocycles. The van der Waals surface area contributed by atoms with Crippen molar-refractivity contribution in [2.45, 2.75) is 65.6 Å². The van der Waals surface area contributed by atoms with Crippen LogP contribution in [0.25, 0.3) is 0 Å². The smallest absolute Gasteiger partial charge is 0.331 e. The molecule has 0 aliphatic carbocycles. The number of rotatable bonds is 9. The molecule has 126 valence electrons. The van der Waals surface area contributed by atoms with E-state index in [9.17, 15) is 18.0 Å². The highest BCUT2D eigenvalue weighted by Gasteiger charge is 2.36. The third-order valence-corrected chi connectivity index (χ3v) is 3.65. The lowest BCUT2D eigenvalue weighted by atomic mass is 9.93. The van der Waals surface area contributed by atoms with Gasteiger partial charge in [-0.25, -0.2) is 0 Å². The fourth-order valence-corrected chi connectivity index (χ4v) is 2.64. The molecule has 0 aliphatic heterocycles. The maximum Gasteiger partial charge on any atom is 0.406 e. The van der Waals surface area contributed by atoms with Crippen molar-refractivity contribution in [1.82, 2.24) is 4.90 Å². The number of hydrogen-bond acceptors (Lipinski definition) is 2. The standard InChI is InChI=1S/C15H29F3N2O/c1-5-13(6-2)20(10-15(16,17)18)14(21)8-12(9-19)7-11(3)4/h11-13H,5-10,19H2,1-4H3/t12-/m0/s1. The van der Waals surface area contributed by atoms with Gasteiger partial charge in [-0.05, 0) is 37.6 Å². The Morgan fingerprint density at radius 1 is 1.19 bits per heavy atom. The van der Waals surface area contributed by atoms with Gasteiger partial charge in [0.25, 0.3) is 0 Å². The SMILES string of the molecule is CCC(CC)N(CC(F)(F)F)C(=O)C[C@@H](CN)CC(C)C. The third kappa shape index (κ3) is 8.29. The number of nitrogens with two attached hydrogens (primary N) is 1. The molecule has 6 heteroatoms. The Balaban J connectivity index is 4.92. The van der Waals surface area contributed by atoms with Crippen LogP contribution in [-0.4, -0.2) is 36.1 Å². The Hall–Kier alpha value is -0.780. The summed E-state index contributed by atoms with van der Waals surface area (Å²) in [6, 6.07) is -0.364. The molecule has 0 aliphatic rings. The van der Waals surface area contributed by atoms with Crippen molar-refractivity contribution in [1.29, 1.82) is 0 Å². The maximum absolute atomic E-state index is 12.7. The van der Waals surface area contributed by atoms with Crippen LogP contribution in [0.1, 0.15) is 53.4 Å². The zero-order valence-corrected chi connectivity index (χ0v) is 13.5. The first kappa shape index (κ1) is 20.2. The topological polar surface area (TPSA) is 46.3 Å². The number of nitrogens with zero attached hydrogens (tertiary/aromatic N) is 1. The summed E-state index contributed by atoms with van der Waals surface area (Å²) in [5.41, 5.74) is 5.64. The summed E-state index contributed by atoms with van der Waals surface area (Å²) in [4.78, 5) is 13.3. The van der Waals surface area contributed by atoms with Crippen LogP contribution in [0.5, 0.6) is 0 Å². The number of halogens is 3. The van der Waals surface area contributed by atoms with E-state index in [2.05, 4.69) is 0 Å². The van der Waals surface area contributed by atoms with Gasteiger partial charge in [0.15, 0.2) is 0 Å². The van der Waals surface area contributed by atoms with E-state index >= 15 is 0 Å². The van der Waals surface area contributed by atoms with E-state index in [0.29, 0.717) is 25.3 Å². The minimum atomic E-state index is -4.37. The van der Waals surface area contributed by atoms with Crippen LogP contribution >= 0.6 is 0 Å². The molecular weight excluding hydrogens is 281 g/mol. The summed E-state index contributed by atoms with van der Waals surface area (Å²) in [5.74, 6) is -0.115. The second-order valence-corrected chi connectivity index (χ2v) is 6.04. The van der Waals surface area contributed by atoms with Gasteiger partial charge in [0, 0.05) is 12.5 Å². The summed E-state index contributed by atoms with van der Waals surface area (Å²) in [5, 5.41) is 0. The van der Waals surface area contributed by atoms with Gasteiger partial charge in [-0.3, -0.25) is 4.79 Å². The Morgan fingerprint density at radius 3 is 2.05 bits per heavy atom. The molecule has 0 saturated heterocycles. The van der Waals surface area contributed by atoms with Gasteiger partial charge in [0.2, 0.25) is 5.91 Å². The van der Waals surface area contributed by atoms with Crippen LogP contribution in [0.4, 0.5) is 13.2 Å². The van der Waals surface area contributed by atoms with Crippen LogP contribution in [0.3, 0.4) is 0 Å². The molecule has 1 atom stereocenters. The Kier molecular flexibility index (Phi) is 8.94. The Bertz CT molecular complexity index is 302. The highest BCUT2D eigenvalue weighted by molar-refractivity contribution is 5.77. The van der Waals surface area contributed by atoms with E-state index in [4.69, 9.17) is 5.73 Å². The van der Waals surface area contributed by atoms with Gasteiger partial charge in [-0.2, -0.15) is 13.2 Å². The minimum absolute atomic E-state index is 0.0532. The van der Waals surface area contributed by atoms with E-state index in [1.54, 1.807) is 13.8 Å². The normalized spacial score (nSPS) is 13.8. The maximum atomic E-state index is 12.7. The monoisotopic (exact) mass is 310 g/mol. The van der Waals surface area contributed by atoms with E-state index in [-0.39, 0.29) is 18.4 Å². The molecule has 0 aromatic rings. The van der Waals surface area contributed by atoms with Crippen LogP contribution < -0.4 is 5.73 Å². The van der Waals surface area contributed by atoms with Crippen LogP contribution in [0, 0.1) is 11.8 Å². The summed E-state index contributed by atoms with van der Waals surface area (Å²) >= 11 is 0. The van der Waals surface area contributed by atoms with Gasteiger partial charge >= 0.3 is 6.18 Å². The zero-order valence-electron chi connectivity index (χ0n) is 13.5. The largest absolute Gasteiger partial charge is 0.406 e. The fraction of sp³-hybridized carbons (Fsp3) is 0.933. The van der Waals surface area contributed by atoms with E-state index in [1.165, 1.54) is 0 Å². The van der Waals surface area contributed by atoms with E-state index in [1.807, 2.05) is 13.8 Å². The number of carbonyl (C=O) groups is 1. The third-order valence-electron chi connectivity index (χ3n) is 3.65. The molecule has 0 heterocycles. The van der Waals surface area contributed by atoms with Crippen LogP contribution in [0.15, 0.2) is 0 Å². The molecule has 0 rings (SSSR count). The van der Waals surface area contributed by atoms with Crippen molar-refractivity contribution in [2.75, 3.05) is 13.1 Å². The molecule has 2 N–H and O–H groups in total. The first-order chi connectivity index (χ1) is 9.64. The summed E-state index contributed by atoms with van der Waals surface area (Å²) in [6.07, 6.45) is -2.47. The Labute approximate surface area is 126 Å². The predicted octanol–water partition coefficient (Wildman–Crippen LogP) is 3.58. The minimum Gasteiger partial charge on any atom is -0.331 e. The second kappa shape index (κ2) is 9.28. The van der Waals surface area contributed by atoms with Crippen molar-refractivity contribution in [3.8, 4) is 0 Å². The van der Waals surface area contributed by atoms with Gasteiger partial charge in [-0.15, -0.1) is 0 Å². The summed E-state index contributed by atoms with van der Waals surface area (Å²) in [6.45, 7) is 6.80. The second-order valence-electron chi connectivity index (χ2n) is 6.04. The van der Waals surface area contributed by atoms with Gasteiger partial charge in [0.05, 0.1) is 0 Å². The molecule has 1 amide bonds. The quantitative estimate of drug-likeness (QED) is 0.707. The lowest BCUT2D eigenvalue weighted by molar-refractivity contribution is -0.166. The summed E-state index contributed by atoms with van der Waals surface area (Å²) in [7, 11) is 0. The summed E-state index contributed by atoms with van der Waals surface area (Å²) < 4.78 is 38.1. The lowest BCUT2D eigenvalue weighted by Gasteiger charge is -2.32. The molecule has 0 aromatic heterocycles. The first-order valence-electron chi connectivity index (χ1n) is 7.70. The van der Waals surface area contributed by atoms with Crippen LogP contribution in [-0.2, 0) is 4.79 Å². The first-order valence-corrected chi connectivity index (χ1v) is 7.70. The lowest BCUT2D eigenvalue weighted by Crippen LogP contribution is -2.46. The molecule has 3 nitrogen and oxygen atoms in total. The van der Waals surface area contributed by atoms with Crippen molar-refractivity contribution in [2.24, 2.45) is 17.6 Å². The molecular formula is C15H29F3N2O. The molecule has 0 bridgehead atoms. The molecule has 0 radical (unpaired) electrons. The predicted molar refractivity (Wildman–Crippen MR) is 78.8 cm³/mol. The van der Waals surface area contributed by atoms with Gasteiger partial charge < -0.3 is 10.6 Å². The van der Waals surface area contributed by atoms with Crippen molar-refractivity contribution in [3.05, 3.63) is 0 Å². The van der Waals surface area contributed by atoms with Crippen molar-refractivity contribution < 1.29 is 18.0 Å². The average Bonchev–Trinajstić information content (AvgIpc) is 2.36. The molecule has 0 fully saturated rings. The van der Waals surface area contributed by atoms with Gasteiger partial charge in [0.1, 0.15) is 6.54 Å². The number of alkyl halides is 3. The number of carbonyl (C=O) groups excluding carboxylic acids is 1. The zero-order chi connectivity index (χ0) is 16.6. The van der Waals surface area contributed by atoms with Crippen molar-refractivity contribution >= 4 is 5.91 Å². The van der Waals surface area contributed by atoms with Crippen molar-refractivity contribution in [3.63, 3.8) is 0 Å². The van der Waals surface area contributed by atoms with Gasteiger partial charge in [-0.1, -0.05) is 27.7 Å². The average molecular weight is 310 g/mol. The molecule has 21 heavy (non-hydrogen) atoms. The molecule has 0 unspecified atom stereocenters. The highest BCUT2D eigenvalue weighted by Crippen LogP contribution is 2.23. The van der Waals surface area contributed by atoms with E-state index in [0.717, 1.165) is 11.3 Å². The van der Waals surface area contributed by atoms with Crippen LogP contribution in [0.2, 0.25) is 0 Å². The number of amides is 1. The molecule has 0 saturated carbocycles. The number of hydrogen-bond donors (Lipinski definition) is 1. The molecule has 0 spiro atoms. The fourth-order valence-electron chi connectivity index (χ4n) is 2.64.